The largest absolute Gasteiger partial charge is 0.411 e. The van der Waals surface area contributed by atoms with Crippen LogP contribution in [-0.4, -0.2) is 10.9 Å². The third kappa shape index (κ3) is 2.64. The third-order valence-corrected chi connectivity index (χ3v) is 3.06. The van der Waals surface area contributed by atoms with Gasteiger partial charge in [0.1, 0.15) is 0 Å². The van der Waals surface area contributed by atoms with Crippen LogP contribution in [0.3, 0.4) is 0 Å². The summed E-state index contributed by atoms with van der Waals surface area (Å²) >= 11 is 5.83. The summed E-state index contributed by atoms with van der Waals surface area (Å²) in [4.78, 5) is 0. The Hall–Kier alpha value is -1.28. The maximum Gasteiger partial charge on any atom is 0.0827 e. The predicted molar refractivity (Wildman–Crippen MR) is 67.1 cm³/mol. The number of nitrogens with zero attached hydrogens (tertiary/aromatic N) is 1. The van der Waals surface area contributed by atoms with E-state index in [4.69, 9.17) is 16.8 Å². The fourth-order valence-corrected chi connectivity index (χ4v) is 2.07. The number of oxime groups is 1. The van der Waals surface area contributed by atoms with Gasteiger partial charge in [-0.3, -0.25) is 0 Å². The van der Waals surface area contributed by atoms with Crippen molar-refractivity contribution in [2.24, 2.45) is 5.16 Å². The van der Waals surface area contributed by atoms with Crippen LogP contribution in [0, 0.1) is 0 Å². The first-order chi connectivity index (χ1) is 7.79. The molecule has 0 radical (unpaired) electrons. The predicted octanol–water partition coefficient (Wildman–Crippen LogP) is 4.13. The summed E-state index contributed by atoms with van der Waals surface area (Å²) in [6.07, 6.45) is 6.21. The van der Waals surface area contributed by atoms with Crippen molar-refractivity contribution in [1.29, 1.82) is 0 Å². The summed E-state index contributed by atoms with van der Waals surface area (Å²) in [5, 5.41) is 13.0. The van der Waals surface area contributed by atoms with Gasteiger partial charge in [-0.1, -0.05) is 28.9 Å². The molecule has 0 unspecified atom stereocenters. The van der Waals surface area contributed by atoms with Gasteiger partial charge in [-0.15, -0.1) is 0 Å². The summed E-state index contributed by atoms with van der Waals surface area (Å²) in [5.41, 5.74) is 3.06. The Morgan fingerprint density at radius 1 is 1.12 bits per heavy atom. The Morgan fingerprint density at radius 3 is 2.50 bits per heavy atom. The van der Waals surface area contributed by atoms with E-state index in [-0.39, 0.29) is 0 Å². The van der Waals surface area contributed by atoms with Crippen molar-refractivity contribution in [3.63, 3.8) is 0 Å². The minimum absolute atomic E-state index is 0.738. The van der Waals surface area contributed by atoms with Gasteiger partial charge in [0.05, 0.1) is 5.71 Å². The zero-order valence-electron chi connectivity index (χ0n) is 8.99. The summed E-state index contributed by atoms with van der Waals surface area (Å²) in [6, 6.07) is 7.68. The molecular formula is C13H14ClNO. The summed E-state index contributed by atoms with van der Waals surface area (Å²) in [5.74, 6) is 0. The molecule has 1 aromatic carbocycles. The van der Waals surface area contributed by atoms with E-state index in [0.717, 1.165) is 41.1 Å². The van der Waals surface area contributed by atoms with E-state index in [0.29, 0.717) is 0 Å². The Morgan fingerprint density at radius 2 is 1.81 bits per heavy atom. The average molecular weight is 236 g/mol. The first kappa shape index (κ1) is 11.2. The van der Waals surface area contributed by atoms with E-state index in [1.165, 1.54) is 6.42 Å². The second kappa shape index (κ2) is 5.17. The zero-order chi connectivity index (χ0) is 11.4. The topological polar surface area (TPSA) is 32.6 Å². The highest BCUT2D eigenvalue weighted by Crippen LogP contribution is 2.23. The minimum Gasteiger partial charge on any atom is -0.411 e. The van der Waals surface area contributed by atoms with Crippen LogP contribution in [0.1, 0.15) is 31.2 Å². The summed E-state index contributed by atoms with van der Waals surface area (Å²) in [7, 11) is 0. The van der Waals surface area contributed by atoms with Gasteiger partial charge in [-0.2, -0.15) is 0 Å². The highest BCUT2D eigenvalue weighted by atomic mass is 35.5. The minimum atomic E-state index is 0.738. The van der Waals surface area contributed by atoms with E-state index in [1.54, 1.807) is 0 Å². The van der Waals surface area contributed by atoms with Crippen LogP contribution in [0.25, 0.3) is 6.08 Å². The van der Waals surface area contributed by atoms with Crippen LogP contribution in [0.15, 0.2) is 35.0 Å². The lowest BCUT2D eigenvalue weighted by Gasteiger charge is -2.15. The SMILES string of the molecule is O/N=C1/CCCC/C1=C\c1ccc(Cl)cc1. The molecule has 1 N–H and O–H groups in total. The molecule has 1 aliphatic carbocycles. The molecular weight excluding hydrogens is 222 g/mol. The van der Waals surface area contributed by atoms with Crippen molar-refractivity contribution in [2.45, 2.75) is 25.7 Å². The Bertz CT molecular complexity index is 420. The van der Waals surface area contributed by atoms with Crippen molar-refractivity contribution in [3.8, 4) is 0 Å². The number of hydrogen-bond acceptors (Lipinski definition) is 2. The van der Waals surface area contributed by atoms with Crippen LogP contribution in [0.5, 0.6) is 0 Å². The smallest absolute Gasteiger partial charge is 0.0827 e. The van der Waals surface area contributed by atoms with Gasteiger partial charge < -0.3 is 5.21 Å². The molecule has 0 aromatic heterocycles. The Labute approximate surface area is 100 Å². The Balaban J connectivity index is 2.25. The zero-order valence-corrected chi connectivity index (χ0v) is 9.74. The molecule has 16 heavy (non-hydrogen) atoms. The monoisotopic (exact) mass is 235 g/mol. The third-order valence-electron chi connectivity index (χ3n) is 2.81. The van der Waals surface area contributed by atoms with Crippen LogP contribution in [-0.2, 0) is 0 Å². The van der Waals surface area contributed by atoms with Gasteiger partial charge >= 0.3 is 0 Å². The molecule has 0 heterocycles. The van der Waals surface area contributed by atoms with Crippen LogP contribution >= 0.6 is 11.6 Å². The quantitative estimate of drug-likeness (QED) is 0.576. The molecule has 0 amide bonds. The maximum atomic E-state index is 8.91. The van der Waals surface area contributed by atoms with Crippen molar-refractivity contribution >= 4 is 23.4 Å². The van der Waals surface area contributed by atoms with E-state index in [1.807, 2.05) is 24.3 Å². The van der Waals surface area contributed by atoms with Crippen LogP contribution < -0.4 is 0 Å². The molecule has 2 rings (SSSR count). The Kier molecular flexibility index (Phi) is 3.62. The van der Waals surface area contributed by atoms with E-state index >= 15 is 0 Å². The van der Waals surface area contributed by atoms with Crippen molar-refractivity contribution in [1.82, 2.24) is 0 Å². The fraction of sp³-hybridized carbons (Fsp3) is 0.308. The summed E-state index contributed by atoms with van der Waals surface area (Å²) < 4.78 is 0. The average Bonchev–Trinajstić information content (AvgIpc) is 2.33. The van der Waals surface area contributed by atoms with Crippen LogP contribution in [0.2, 0.25) is 5.02 Å². The normalized spacial score (nSPS) is 21.6. The van der Waals surface area contributed by atoms with E-state index in [2.05, 4.69) is 11.2 Å². The number of allylic oxidation sites excluding steroid dienone is 1. The van der Waals surface area contributed by atoms with Gasteiger partial charge in [0.15, 0.2) is 0 Å². The maximum absolute atomic E-state index is 8.91. The number of hydrogen-bond donors (Lipinski definition) is 1. The molecule has 1 aliphatic rings. The van der Waals surface area contributed by atoms with E-state index < -0.39 is 0 Å². The van der Waals surface area contributed by atoms with Gasteiger partial charge in [-0.05, 0) is 55.0 Å². The van der Waals surface area contributed by atoms with E-state index in [9.17, 15) is 0 Å². The second-order valence-corrected chi connectivity index (χ2v) is 4.41. The molecule has 0 aliphatic heterocycles. The van der Waals surface area contributed by atoms with Crippen molar-refractivity contribution in [3.05, 3.63) is 40.4 Å². The molecule has 2 nitrogen and oxygen atoms in total. The molecule has 1 fully saturated rings. The van der Waals surface area contributed by atoms with Crippen molar-refractivity contribution < 1.29 is 5.21 Å². The van der Waals surface area contributed by atoms with Gasteiger partial charge in [-0.25, -0.2) is 0 Å². The first-order valence-corrected chi connectivity index (χ1v) is 5.85. The lowest BCUT2D eigenvalue weighted by atomic mass is 9.91. The molecule has 0 saturated heterocycles. The molecule has 0 atom stereocenters. The number of halogens is 1. The first-order valence-electron chi connectivity index (χ1n) is 5.47. The molecule has 84 valence electrons. The highest BCUT2D eigenvalue weighted by molar-refractivity contribution is 6.30. The van der Waals surface area contributed by atoms with Gasteiger partial charge in [0, 0.05) is 5.02 Å². The molecule has 0 spiro atoms. The second-order valence-electron chi connectivity index (χ2n) is 3.97. The summed E-state index contributed by atoms with van der Waals surface area (Å²) in [6.45, 7) is 0. The fourth-order valence-electron chi connectivity index (χ4n) is 1.94. The molecule has 1 saturated carbocycles. The highest BCUT2D eigenvalue weighted by Gasteiger charge is 2.13. The number of benzene rings is 1. The number of rotatable bonds is 1. The van der Waals surface area contributed by atoms with Crippen molar-refractivity contribution in [2.75, 3.05) is 0 Å². The lowest BCUT2D eigenvalue weighted by Crippen LogP contribution is -2.08. The molecule has 1 aromatic rings. The van der Waals surface area contributed by atoms with Crippen LogP contribution in [0.4, 0.5) is 0 Å². The standard InChI is InChI=1S/C13H14ClNO/c14-12-7-5-10(6-8-12)9-11-3-1-2-4-13(11)15-16/h5-9,16H,1-4H2/b11-9+,15-13-. The molecule has 0 bridgehead atoms. The van der Waals surface area contributed by atoms with Gasteiger partial charge in [0.25, 0.3) is 0 Å². The van der Waals surface area contributed by atoms with Gasteiger partial charge in [0.2, 0.25) is 0 Å². The lowest BCUT2D eigenvalue weighted by molar-refractivity contribution is 0.316. The molecule has 3 heteroatoms.